The molecule has 0 aromatic carbocycles. The van der Waals surface area contributed by atoms with E-state index in [-0.39, 0.29) is 5.91 Å². The van der Waals surface area contributed by atoms with E-state index >= 15 is 0 Å². The van der Waals surface area contributed by atoms with Gasteiger partial charge in [-0.3, -0.25) is 4.79 Å². The molecule has 1 atom stereocenters. The van der Waals surface area contributed by atoms with Crippen LogP contribution in [0, 0.1) is 0 Å². The van der Waals surface area contributed by atoms with Gasteiger partial charge in [-0.05, 0) is 35.0 Å². The van der Waals surface area contributed by atoms with Gasteiger partial charge < -0.3 is 10.0 Å². The molecule has 1 heterocycles. The van der Waals surface area contributed by atoms with Crippen LogP contribution in [0.15, 0.2) is 22.8 Å². The zero-order chi connectivity index (χ0) is 11.4. The molecule has 1 N–H and O–H groups in total. The molecule has 5 heteroatoms. The molecular weight excluding hydrogens is 260 g/mol. The van der Waals surface area contributed by atoms with Crippen LogP contribution in [-0.4, -0.2) is 40.6 Å². The molecule has 0 aliphatic rings. The highest BCUT2D eigenvalue weighted by Crippen LogP contribution is 2.08. The normalized spacial score (nSPS) is 12.3. The van der Waals surface area contributed by atoms with Crippen LogP contribution < -0.4 is 0 Å². The minimum Gasteiger partial charge on any atom is -0.392 e. The predicted molar refractivity (Wildman–Crippen MR) is 60.6 cm³/mol. The van der Waals surface area contributed by atoms with Gasteiger partial charge in [0.15, 0.2) is 0 Å². The van der Waals surface area contributed by atoms with E-state index in [0.29, 0.717) is 12.2 Å². The molecule has 0 aliphatic heterocycles. The van der Waals surface area contributed by atoms with Gasteiger partial charge in [0.1, 0.15) is 5.69 Å². The Morgan fingerprint density at radius 2 is 2.33 bits per heavy atom. The molecule has 0 saturated heterocycles. The first-order valence-electron chi connectivity index (χ1n) is 4.56. The first-order chi connectivity index (χ1) is 7.00. The Morgan fingerprint density at radius 3 is 2.80 bits per heavy atom. The van der Waals surface area contributed by atoms with Gasteiger partial charge in [0, 0.05) is 24.3 Å². The third-order valence-corrected chi connectivity index (χ3v) is 2.30. The maximum absolute atomic E-state index is 11.7. The molecule has 0 radical (unpaired) electrons. The highest BCUT2D eigenvalue weighted by atomic mass is 79.9. The van der Waals surface area contributed by atoms with E-state index in [1.54, 1.807) is 32.3 Å². The summed E-state index contributed by atoms with van der Waals surface area (Å²) in [4.78, 5) is 17.2. The molecule has 0 bridgehead atoms. The van der Waals surface area contributed by atoms with Gasteiger partial charge in [-0.15, -0.1) is 0 Å². The minimum atomic E-state index is -0.533. The number of likely N-dealkylation sites (N-methyl/N-ethyl adjacent to an activating group) is 1. The topological polar surface area (TPSA) is 53.4 Å². The number of carbonyl (C=O) groups excluding carboxylic acids is 1. The molecule has 15 heavy (non-hydrogen) atoms. The Morgan fingerprint density at radius 1 is 1.67 bits per heavy atom. The van der Waals surface area contributed by atoms with E-state index in [2.05, 4.69) is 20.9 Å². The van der Waals surface area contributed by atoms with Crippen LogP contribution >= 0.6 is 15.9 Å². The Balaban J connectivity index is 2.72. The van der Waals surface area contributed by atoms with E-state index in [4.69, 9.17) is 5.11 Å². The van der Waals surface area contributed by atoms with Gasteiger partial charge in [0.25, 0.3) is 5.91 Å². The fourth-order valence-electron chi connectivity index (χ4n) is 1.18. The average Bonchev–Trinajstić information content (AvgIpc) is 2.17. The molecular formula is C10H13BrN2O2. The van der Waals surface area contributed by atoms with E-state index in [1.807, 2.05) is 0 Å². The van der Waals surface area contributed by atoms with Crippen molar-refractivity contribution in [3.8, 4) is 0 Å². The largest absolute Gasteiger partial charge is 0.392 e. The second kappa shape index (κ2) is 5.23. The first-order valence-corrected chi connectivity index (χ1v) is 5.35. The van der Waals surface area contributed by atoms with E-state index in [1.165, 1.54) is 4.90 Å². The highest BCUT2D eigenvalue weighted by Gasteiger charge is 2.14. The number of carbonyl (C=O) groups is 1. The number of hydrogen-bond acceptors (Lipinski definition) is 3. The van der Waals surface area contributed by atoms with Crippen LogP contribution in [0.3, 0.4) is 0 Å². The third-order valence-electron chi connectivity index (χ3n) is 1.83. The number of nitrogens with zero attached hydrogens (tertiary/aromatic N) is 2. The highest BCUT2D eigenvalue weighted by molar-refractivity contribution is 9.10. The summed E-state index contributed by atoms with van der Waals surface area (Å²) in [6.45, 7) is 1.94. The number of aromatic nitrogens is 1. The lowest BCUT2D eigenvalue weighted by molar-refractivity contribution is 0.0698. The quantitative estimate of drug-likeness (QED) is 0.903. The lowest BCUT2D eigenvalue weighted by Crippen LogP contribution is -2.33. The SMILES string of the molecule is CC(O)CN(C)C(=O)c1ccc(Br)cn1. The summed E-state index contributed by atoms with van der Waals surface area (Å²) in [5, 5.41) is 9.14. The summed E-state index contributed by atoms with van der Waals surface area (Å²) < 4.78 is 0.831. The third kappa shape index (κ3) is 3.60. The lowest BCUT2D eigenvalue weighted by Gasteiger charge is -2.18. The number of pyridine rings is 1. The molecule has 4 nitrogen and oxygen atoms in total. The smallest absolute Gasteiger partial charge is 0.272 e. The molecule has 0 saturated carbocycles. The van der Waals surface area contributed by atoms with E-state index in [0.717, 1.165) is 4.47 Å². The van der Waals surface area contributed by atoms with Crippen molar-refractivity contribution in [2.75, 3.05) is 13.6 Å². The van der Waals surface area contributed by atoms with Gasteiger partial charge in [-0.25, -0.2) is 4.98 Å². The van der Waals surface area contributed by atoms with Crippen LogP contribution in [0.4, 0.5) is 0 Å². The summed E-state index contributed by atoms with van der Waals surface area (Å²) in [5.74, 6) is -0.191. The summed E-state index contributed by atoms with van der Waals surface area (Å²) in [7, 11) is 1.64. The van der Waals surface area contributed by atoms with Crippen LogP contribution in [0.5, 0.6) is 0 Å². The number of halogens is 1. The maximum Gasteiger partial charge on any atom is 0.272 e. The molecule has 1 unspecified atom stereocenters. The van der Waals surface area contributed by atoms with Gasteiger partial charge >= 0.3 is 0 Å². The van der Waals surface area contributed by atoms with Crippen LogP contribution in [-0.2, 0) is 0 Å². The number of aliphatic hydroxyl groups excluding tert-OH is 1. The van der Waals surface area contributed by atoms with Crippen molar-refractivity contribution in [1.82, 2.24) is 9.88 Å². The second-order valence-corrected chi connectivity index (χ2v) is 4.31. The Kier molecular flexibility index (Phi) is 4.23. The predicted octanol–water partition coefficient (Wildman–Crippen LogP) is 1.30. The number of rotatable bonds is 3. The fraction of sp³-hybridized carbons (Fsp3) is 0.400. The Labute approximate surface area is 97.1 Å². The molecule has 1 aromatic rings. The Hall–Kier alpha value is -0.940. The molecule has 82 valence electrons. The van der Waals surface area contributed by atoms with Crippen molar-refractivity contribution in [3.63, 3.8) is 0 Å². The summed E-state index contributed by atoms with van der Waals surface area (Å²) >= 11 is 3.24. The number of amides is 1. The summed E-state index contributed by atoms with van der Waals surface area (Å²) in [6.07, 6.45) is 1.04. The van der Waals surface area contributed by atoms with Gasteiger partial charge in [-0.2, -0.15) is 0 Å². The molecule has 1 aromatic heterocycles. The fourth-order valence-corrected chi connectivity index (χ4v) is 1.41. The van der Waals surface area contributed by atoms with Gasteiger partial charge in [-0.1, -0.05) is 0 Å². The van der Waals surface area contributed by atoms with Crippen LogP contribution in [0.25, 0.3) is 0 Å². The molecule has 0 spiro atoms. The first kappa shape index (κ1) is 12.1. The molecule has 1 rings (SSSR count). The van der Waals surface area contributed by atoms with Crippen molar-refractivity contribution >= 4 is 21.8 Å². The van der Waals surface area contributed by atoms with Crippen molar-refractivity contribution in [3.05, 3.63) is 28.5 Å². The summed E-state index contributed by atoms with van der Waals surface area (Å²) in [6, 6.07) is 3.40. The van der Waals surface area contributed by atoms with Crippen LogP contribution in [0.2, 0.25) is 0 Å². The maximum atomic E-state index is 11.7. The minimum absolute atomic E-state index is 0.191. The van der Waals surface area contributed by atoms with Crippen LogP contribution in [0.1, 0.15) is 17.4 Å². The van der Waals surface area contributed by atoms with Crippen molar-refractivity contribution in [2.24, 2.45) is 0 Å². The standard InChI is InChI=1S/C10H13BrN2O2/c1-7(14)6-13(2)10(15)9-4-3-8(11)5-12-9/h3-5,7,14H,6H2,1-2H3. The number of hydrogen-bond donors (Lipinski definition) is 1. The Bertz CT molecular complexity index is 338. The summed E-state index contributed by atoms with van der Waals surface area (Å²) in [5.41, 5.74) is 0.376. The van der Waals surface area contributed by atoms with Gasteiger partial charge in [0.2, 0.25) is 0 Å². The monoisotopic (exact) mass is 272 g/mol. The molecule has 0 fully saturated rings. The van der Waals surface area contributed by atoms with E-state index in [9.17, 15) is 4.79 Å². The number of aliphatic hydroxyl groups is 1. The zero-order valence-electron chi connectivity index (χ0n) is 8.64. The van der Waals surface area contributed by atoms with Crippen molar-refractivity contribution in [1.29, 1.82) is 0 Å². The zero-order valence-corrected chi connectivity index (χ0v) is 10.2. The average molecular weight is 273 g/mol. The lowest BCUT2D eigenvalue weighted by atomic mass is 10.3. The van der Waals surface area contributed by atoms with Crippen molar-refractivity contribution in [2.45, 2.75) is 13.0 Å². The van der Waals surface area contributed by atoms with Gasteiger partial charge in [0.05, 0.1) is 6.10 Å². The van der Waals surface area contributed by atoms with Crippen molar-refractivity contribution < 1.29 is 9.90 Å². The molecule has 0 aliphatic carbocycles. The van der Waals surface area contributed by atoms with E-state index < -0.39 is 6.10 Å². The molecule has 1 amide bonds. The second-order valence-electron chi connectivity index (χ2n) is 3.40.